The molecule has 1 aromatic heterocycles. The molecule has 2 heterocycles. The summed E-state index contributed by atoms with van der Waals surface area (Å²) >= 11 is 0. The van der Waals surface area contributed by atoms with Crippen molar-refractivity contribution in [2.45, 2.75) is 31.6 Å². The van der Waals surface area contributed by atoms with Crippen LogP contribution >= 0.6 is 0 Å². The van der Waals surface area contributed by atoms with Gasteiger partial charge < -0.3 is 9.42 Å². The molecule has 0 unspecified atom stereocenters. The zero-order chi connectivity index (χ0) is 10.3. The molecule has 0 bridgehead atoms. The quantitative estimate of drug-likeness (QED) is 0.741. The van der Waals surface area contributed by atoms with Crippen LogP contribution in [0.2, 0.25) is 0 Å². The van der Waals surface area contributed by atoms with Crippen molar-refractivity contribution in [1.82, 2.24) is 10.1 Å². The molecule has 1 saturated heterocycles. The SMILES string of the molecule is O=C(c1cc(C2CC2)on1)N1CCCC1. The molecule has 0 N–H and O–H groups in total. The summed E-state index contributed by atoms with van der Waals surface area (Å²) in [5.41, 5.74) is 0.485. The predicted octanol–water partition coefficient (Wildman–Crippen LogP) is 1.79. The van der Waals surface area contributed by atoms with Gasteiger partial charge in [-0.3, -0.25) is 4.79 Å². The maximum Gasteiger partial charge on any atom is 0.276 e. The van der Waals surface area contributed by atoms with Crippen LogP contribution < -0.4 is 0 Å². The van der Waals surface area contributed by atoms with E-state index < -0.39 is 0 Å². The van der Waals surface area contributed by atoms with Gasteiger partial charge in [0, 0.05) is 25.1 Å². The lowest BCUT2D eigenvalue weighted by Gasteiger charge is -2.12. The van der Waals surface area contributed by atoms with E-state index in [0.717, 1.165) is 31.7 Å². The summed E-state index contributed by atoms with van der Waals surface area (Å²) in [4.78, 5) is 13.8. The van der Waals surface area contributed by atoms with Crippen LogP contribution in [0.25, 0.3) is 0 Å². The molecule has 4 heteroatoms. The molecule has 0 radical (unpaired) electrons. The van der Waals surface area contributed by atoms with Crippen molar-refractivity contribution in [1.29, 1.82) is 0 Å². The number of hydrogen-bond donors (Lipinski definition) is 0. The summed E-state index contributed by atoms with van der Waals surface area (Å²) < 4.78 is 5.17. The number of aromatic nitrogens is 1. The van der Waals surface area contributed by atoms with Gasteiger partial charge in [-0.05, 0) is 25.7 Å². The van der Waals surface area contributed by atoms with Gasteiger partial charge in [-0.25, -0.2) is 0 Å². The summed E-state index contributed by atoms with van der Waals surface area (Å²) in [5, 5.41) is 3.86. The van der Waals surface area contributed by atoms with Crippen molar-refractivity contribution in [3.8, 4) is 0 Å². The second kappa shape index (κ2) is 3.36. The van der Waals surface area contributed by atoms with Crippen LogP contribution in [-0.2, 0) is 0 Å². The molecule has 1 aliphatic carbocycles. The van der Waals surface area contributed by atoms with Gasteiger partial charge >= 0.3 is 0 Å². The highest BCUT2D eigenvalue weighted by molar-refractivity contribution is 5.92. The van der Waals surface area contributed by atoms with Gasteiger partial charge in [-0.15, -0.1) is 0 Å². The van der Waals surface area contributed by atoms with Crippen LogP contribution in [0, 0.1) is 0 Å². The average molecular weight is 206 g/mol. The maximum absolute atomic E-state index is 11.9. The number of carbonyl (C=O) groups excluding carboxylic acids is 1. The lowest BCUT2D eigenvalue weighted by Crippen LogP contribution is -2.27. The van der Waals surface area contributed by atoms with Crippen LogP contribution in [0.15, 0.2) is 10.6 Å². The fourth-order valence-corrected chi connectivity index (χ4v) is 2.03. The first-order valence-electron chi connectivity index (χ1n) is 5.60. The number of nitrogens with zero attached hydrogens (tertiary/aromatic N) is 2. The van der Waals surface area contributed by atoms with Crippen LogP contribution in [0.4, 0.5) is 0 Å². The minimum atomic E-state index is 0.0307. The topological polar surface area (TPSA) is 46.3 Å². The predicted molar refractivity (Wildman–Crippen MR) is 53.6 cm³/mol. The van der Waals surface area contributed by atoms with Crippen molar-refractivity contribution in [3.05, 3.63) is 17.5 Å². The first-order valence-corrected chi connectivity index (χ1v) is 5.60. The molecule has 1 aromatic rings. The fraction of sp³-hybridized carbons (Fsp3) is 0.636. The second-order valence-electron chi connectivity index (χ2n) is 4.39. The third-order valence-electron chi connectivity index (χ3n) is 3.12. The Hall–Kier alpha value is -1.32. The number of amides is 1. The summed E-state index contributed by atoms with van der Waals surface area (Å²) in [6.07, 6.45) is 4.57. The van der Waals surface area contributed by atoms with E-state index in [-0.39, 0.29) is 5.91 Å². The van der Waals surface area contributed by atoms with Crippen molar-refractivity contribution < 1.29 is 9.32 Å². The minimum absolute atomic E-state index is 0.0307. The number of likely N-dealkylation sites (tertiary alicyclic amines) is 1. The van der Waals surface area contributed by atoms with Gasteiger partial charge in [-0.1, -0.05) is 5.16 Å². The van der Waals surface area contributed by atoms with E-state index >= 15 is 0 Å². The Balaban J connectivity index is 1.75. The molecule has 2 fully saturated rings. The Morgan fingerprint density at radius 1 is 1.40 bits per heavy atom. The van der Waals surface area contributed by atoms with E-state index in [1.807, 2.05) is 11.0 Å². The molecule has 4 nitrogen and oxygen atoms in total. The zero-order valence-corrected chi connectivity index (χ0v) is 8.61. The second-order valence-corrected chi connectivity index (χ2v) is 4.39. The summed E-state index contributed by atoms with van der Waals surface area (Å²) in [6, 6.07) is 1.82. The molecule has 80 valence electrons. The Kier molecular flexibility index (Phi) is 2.01. The normalized spacial score (nSPS) is 20.9. The molecule has 0 aromatic carbocycles. The molecule has 0 atom stereocenters. The van der Waals surface area contributed by atoms with E-state index in [1.165, 1.54) is 12.8 Å². The molecule has 3 rings (SSSR count). The molecule has 2 aliphatic rings. The van der Waals surface area contributed by atoms with E-state index in [2.05, 4.69) is 5.16 Å². The minimum Gasteiger partial charge on any atom is -0.360 e. The van der Waals surface area contributed by atoms with Gasteiger partial charge in [0.1, 0.15) is 5.76 Å². The van der Waals surface area contributed by atoms with Gasteiger partial charge in [0.25, 0.3) is 5.91 Å². The van der Waals surface area contributed by atoms with Gasteiger partial charge in [-0.2, -0.15) is 0 Å². The van der Waals surface area contributed by atoms with Gasteiger partial charge in [0.2, 0.25) is 0 Å². The average Bonchev–Trinajstić information content (AvgIpc) is 2.83. The smallest absolute Gasteiger partial charge is 0.276 e. The summed E-state index contributed by atoms with van der Waals surface area (Å²) in [7, 11) is 0. The van der Waals surface area contributed by atoms with Crippen molar-refractivity contribution >= 4 is 5.91 Å². The van der Waals surface area contributed by atoms with E-state index in [1.54, 1.807) is 0 Å². The van der Waals surface area contributed by atoms with Crippen molar-refractivity contribution in [2.24, 2.45) is 0 Å². The van der Waals surface area contributed by atoms with Gasteiger partial charge in [0.15, 0.2) is 5.69 Å². The van der Waals surface area contributed by atoms with E-state index in [4.69, 9.17) is 4.52 Å². The Morgan fingerprint density at radius 3 is 2.80 bits per heavy atom. The molecular weight excluding hydrogens is 192 g/mol. The summed E-state index contributed by atoms with van der Waals surface area (Å²) in [6.45, 7) is 1.73. The Morgan fingerprint density at radius 2 is 2.13 bits per heavy atom. The maximum atomic E-state index is 11.9. The monoisotopic (exact) mass is 206 g/mol. The lowest BCUT2D eigenvalue weighted by molar-refractivity contribution is 0.0782. The number of rotatable bonds is 2. The molecule has 1 aliphatic heterocycles. The van der Waals surface area contributed by atoms with Crippen LogP contribution in [0.3, 0.4) is 0 Å². The molecule has 15 heavy (non-hydrogen) atoms. The fourth-order valence-electron chi connectivity index (χ4n) is 2.03. The number of carbonyl (C=O) groups is 1. The van der Waals surface area contributed by atoms with E-state index in [9.17, 15) is 4.79 Å². The van der Waals surface area contributed by atoms with Gasteiger partial charge in [0.05, 0.1) is 0 Å². The van der Waals surface area contributed by atoms with E-state index in [0.29, 0.717) is 11.6 Å². The Bertz CT molecular complexity index is 376. The standard InChI is InChI=1S/C11H14N2O2/c14-11(13-5-1-2-6-13)9-7-10(15-12-9)8-3-4-8/h7-8H,1-6H2. The highest BCUT2D eigenvalue weighted by Crippen LogP contribution is 2.40. The van der Waals surface area contributed by atoms with Crippen molar-refractivity contribution in [3.63, 3.8) is 0 Å². The Labute approximate surface area is 88.2 Å². The molecule has 1 amide bonds. The molecular formula is C11H14N2O2. The van der Waals surface area contributed by atoms with Crippen LogP contribution in [0.1, 0.15) is 47.8 Å². The highest BCUT2D eigenvalue weighted by Gasteiger charge is 2.30. The first-order chi connectivity index (χ1) is 7.34. The third-order valence-corrected chi connectivity index (χ3v) is 3.12. The first kappa shape index (κ1) is 8.95. The zero-order valence-electron chi connectivity index (χ0n) is 8.61. The third kappa shape index (κ3) is 1.64. The molecule has 0 spiro atoms. The molecule has 1 saturated carbocycles. The van der Waals surface area contributed by atoms with Crippen molar-refractivity contribution in [2.75, 3.05) is 13.1 Å². The van der Waals surface area contributed by atoms with Crippen LogP contribution in [-0.4, -0.2) is 29.1 Å². The summed E-state index contributed by atoms with van der Waals surface area (Å²) in [5.74, 6) is 1.44. The van der Waals surface area contributed by atoms with Crippen LogP contribution in [0.5, 0.6) is 0 Å². The largest absolute Gasteiger partial charge is 0.360 e. The lowest BCUT2D eigenvalue weighted by atomic mass is 10.2. The highest BCUT2D eigenvalue weighted by atomic mass is 16.5. The number of hydrogen-bond acceptors (Lipinski definition) is 3.